The van der Waals surface area contributed by atoms with Crippen LogP contribution in [0.3, 0.4) is 0 Å². The van der Waals surface area contributed by atoms with E-state index in [1.165, 1.54) is 49.3 Å². The zero-order valence-electron chi connectivity index (χ0n) is 22.2. The fraction of sp³-hybridized carbons (Fsp3) is 0.355. The van der Waals surface area contributed by atoms with Gasteiger partial charge in [-0.15, -0.1) is 0 Å². The van der Waals surface area contributed by atoms with Crippen LogP contribution in [0.15, 0.2) is 54.6 Å². The first-order valence-electron chi connectivity index (χ1n) is 13.3. The molecule has 3 aromatic carbocycles. The minimum atomic E-state index is 0.270. The van der Waals surface area contributed by atoms with Crippen LogP contribution >= 0.6 is 0 Å². The molecule has 0 fully saturated rings. The van der Waals surface area contributed by atoms with Crippen LogP contribution in [0.4, 0.5) is 0 Å². The van der Waals surface area contributed by atoms with Crippen LogP contribution in [-0.4, -0.2) is 39.4 Å². The highest BCUT2D eigenvalue weighted by molar-refractivity contribution is 5.85. The minimum absolute atomic E-state index is 0.270. The fourth-order valence-electron chi connectivity index (χ4n) is 6.47. The molecule has 1 aromatic heterocycles. The van der Waals surface area contributed by atoms with E-state index in [1.807, 2.05) is 0 Å². The number of methoxy groups -OCH3 is 3. The zero-order chi connectivity index (χ0) is 25.5. The maximum absolute atomic E-state index is 5.85. The number of aromatic nitrogens is 1. The smallest absolute Gasteiger partial charge is 0.161 e. The van der Waals surface area contributed by atoms with Crippen molar-refractivity contribution >= 4 is 10.9 Å². The van der Waals surface area contributed by atoms with Gasteiger partial charge in [-0.1, -0.05) is 18.2 Å². The van der Waals surface area contributed by atoms with Crippen molar-refractivity contribution in [2.75, 3.05) is 34.4 Å². The summed E-state index contributed by atoms with van der Waals surface area (Å²) in [4.78, 5) is 5.28. The normalized spacial score (nSPS) is 20.8. The van der Waals surface area contributed by atoms with E-state index in [4.69, 9.17) is 14.2 Å². The van der Waals surface area contributed by atoms with Crippen LogP contribution < -0.4 is 24.4 Å². The molecule has 0 saturated carbocycles. The second kappa shape index (κ2) is 9.77. The van der Waals surface area contributed by atoms with Gasteiger partial charge in [0, 0.05) is 40.4 Å². The van der Waals surface area contributed by atoms with E-state index in [0.717, 1.165) is 49.7 Å². The summed E-state index contributed by atoms with van der Waals surface area (Å²) in [6.45, 7) is 5.40. The Bertz CT molecular complexity index is 1440. The molecule has 0 saturated heterocycles. The molecule has 3 heterocycles. The van der Waals surface area contributed by atoms with Crippen molar-refractivity contribution < 1.29 is 24.4 Å². The number of benzene rings is 3. The lowest BCUT2D eigenvalue weighted by Crippen LogP contribution is -3.11. The van der Waals surface area contributed by atoms with Crippen molar-refractivity contribution in [3.63, 3.8) is 0 Å². The molecule has 6 heteroatoms. The summed E-state index contributed by atoms with van der Waals surface area (Å²) >= 11 is 0. The van der Waals surface area contributed by atoms with Crippen molar-refractivity contribution in [3.8, 4) is 17.2 Å². The van der Waals surface area contributed by atoms with Gasteiger partial charge in [0.05, 0.1) is 40.1 Å². The van der Waals surface area contributed by atoms with Gasteiger partial charge in [0.25, 0.3) is 0 Å². The number of para-hydroxylation sites is 1. The zero-order valence-corrected chi connectivity index (χ0v) is 22.2. The van der Waals surface area contributed by atoms with Crippen molar-refractivity contribution in [3.05, 3.63) is 88.1 Å². The third-order valence-electron chi connectivity index (χ3n) is 8.48. The van der Waals surface area contributed by atoms with E-state index in [1.54, 1.807) is 21.3 Å². The number of hydrogen-bond donors (Lipinski definition) is 3. The molecule has 0 bridgehead atoms. The summed E-state index contributed by atoms with van der Waals surface area (Å²) in [5.74, 6) is 2.58. The molecule has 4 N–H and O–H groups in total. The second-order valence-corrected chi connectivity index (χ2v) is 10.3. The Kier molecular flexibility index (Phi) is 6.31. The lowest BCUT2D eigenvalue weighted by Gasteiger charge is -2.33. The maximum atomic E-state index is 5.85. The molecule has 6 nitrogen and oxygen atoms in total. The molecule has 6 rings (SSSR count). The van der Waals surface area contributed by atoms with Gasteiger partial charge < -0.3 is 29.4 Å². The van der Waals surface area contributed by atoms with Gasteiger partial charge in [0.1, 0.15) is 18.3 Å². The Morgan fingerprint density at radius 2 is 1.70 bits per heavy atom. The Morgan fingerprint density at radius 1 is 0.919 bits per heavy atom. The molecule has 37 heavy (non-hydrogen) atoms. The average Bonchev–Trinajstić information content (AvgIpc) is 3.33. The van der Waals surface area contributed by atoms with Crippen molar-refractivity contribution in [1.82, 2.24) is 4.98 Å². The number of H-pyrrole nitrogens is 1. The third-order valence-corrected chi connectivity index (χ3v) is 8.48. The first-order chi connectivity index (χ1) is 18.1. The van der Waals surface area contributed by atoms with E-state index >= 15 is 0 Å². The van der Waals surface area contributed by atoms with E-state index < -0.39 is 0 Å². The predicted molar refractivity (Wildman–Crippen MR) is 145 cm³/mol. The van der Waals surface area contributed by atoms with Crippen LogP contribution in [-0.2, 0) is 19.4 Å². The van der Waals surface area contributed by atoms with Crippen LogP contribution in [0.1, 0.15) is 52.5 Å². The quantitative estimate of drug-likeness (QED) is 0.382. The molecule has 1 unspecified atom stereocenters. The van der Waals surface area contributed by atoms with Crippen molar-refractivity contribution in [2.45, 2.75) is 38.4 Å². The number of fused-ring (bicyclic) bond motifs is 4. The van der Waals surface area contributed by atoms with Gasteiger partial charge >= 0.3 is 0 Å². The van der Waals surface area contributed by atoms with Gasteiger partial charge in [-0.2, -0.15) is 0 Å². The van der Waals surface area contributed by atoms with Gasteiger partial charge in [0.2, 0.25) is 0 Å². The summed E-state index contributed by atoms with van der Waals surface area (Å²) in [5.41, 5.74) is 9.35. The largest absolute Gasteiger partial charge is 0.496 e. The summed E-state index contributed by atoms with van der Waals surface area (Å²) in [7, 11) is 5.19. The van der Waals surface area contributed by atoms with Gasteiger partial charge in [0.15, 0.2) is 17.5 Å². The topological polar surface area (TPSA) is 64.5 Å². The molecule has 0 spiro atoms. The van der Waals surface area contributed by atoms with Gasteiger partial charge in [-0.25, -0.2) is 0 Å². The van der Waals surface area contributed by atoms with E-state index in [9.17, 15) is 0 Å². The Hall–Kier alpha value is -3.48. The van der Waals surface area contributed by atoms with Crippen LogP contribution in [0.5, 0.6) is 17.2 Å². The number of quaternary nitrogens is 2. The molecule has 4 aromatic rings. The van der Waals surface area contributed by atoms with Gasteiger partial charge in [-0.3, -0.25) is 0 Å². The highest BCUT2D eigenvalue weighted by atomic mass is 16.5. The summed E-state index contributed by atoms with van der Waals surface area (Å²) in [5, 5.41) is 3.83. The number of rotatable bonds is 6. The van der Waals surface area contributed by atoms with Crippen LogP contribution in [0.25, 0.3) is 10.9 Å². The van der Waals surface area contributed by atoms with Gasteiger partial charge in [-0.05, 0) is 54.4 Å². The maximum Gasteiger partial charge on any atom is 0.161 e. The number of aromatic amines is 1. The summed E-state index contributed by atoms with van der Waals surface area (Å²) in [6.07, 6.45) is 2.12. The minimum Gasteiger partial charge on any atom is -0.496 e. The first-order valence-corrected chi connectivity index (χ1v) is 13.3. The number of ether oxygens (including phenoxy) is 3. The third kappa shape index (κ3) is 4.14. The summed E-state index contributed by atoms with van der Waals surface area (Å²) < 4.78 is 17.0. The summed E-state index contributed by atoms with van der Waals surface area (Å²) in [6, 6.07) is 20.4. The molecule has 0 amide bonds. The Balaban J connectivity index is 1.32. The van der Waals surface area contributed by atoms with Crippen molar-refractivity contribution in [1.29, 1.82) is 0 Å². The second-order valence-electron chi connectivity index (χ2n) is 10.3. The van der Waals surface area contributed by atoms with Crippen molar-refractivity contribution in [2.24, 2.45) is 0 Å². The fourth-order valence-corrected chi connectivity index (χ4v) is 6.47. The molecule has 2 aliphatic rings. The SMILES string of the molecule is COc1ccc([C@H]2[NH2+]CCc3c2[nH]c2ccccc32)cc1C[NH+]1CCc2cc(OC)c(OC)cc2[C@H]1C. The molecule has 3 atom stereocenters. The lowest BCUT2D eigenvalue weighted by molar-refractivity contribution is -0.945. The first kappa shape index (κ1) is 23.9. The highest BCUT2D eigenvalue weighted by Crippen LogP contribution is 2.35. The van der Waals surface area contributed by atoms with Crippen LogP contribution in [0, 0.1) is 0 Å². The lowest BCUT2D eigenvalue weighted by atomic mass is 9.91. The van der Waals surface area contributed by atoms with E-state index in [-0.39, 0.29) is 6.04 Å². The number of nitrogens with two attached hydrogens (primary N) is 1. The van der Waals surface area contributed by atoms with E-state index in [0.29, 0.717) is 6.04 Å². The molecule has 0 radical (unpaired) electrons. The Labute approximate surface area is 218 Å². The molecule has 2 aliphatic heterocycles. The standard InChI is InChI=1S/C31H35N3O3/c1-19-25-17-29(37-4)28(36-3)16-20(25)12-14-34(19)18-22-15-21(9-10-27(22)35-2)30-31-24(11-13-32-30)23-7-5-6-8-26(23)33-31/h5-10,15-17,19,30,32-33H,11-14,18H2,1-4H3/p+2/t19-,30-/m1/s1. The number of nitrogens with one attached hydrogen (secondary N) is 2. The molecule has 0 aliphatic carbocycles. The monoisotopic (exact) mass is 499 g/mol. The molecule has 192 valence electrons. The predicted octanol–water partition coefficient (Wildman–Crippen LogP) is 3.10. The van der Waals surface area contributed by atoms with Crippen LogP contribution in [0.2, 0.25) is 0 Å². The Morgan fingerprint density at radius 3 is 2.51 bits per heavy atom. The number of hydrogen-bond acceptors (Lipinski definition) is 3. The van der Waals surface area contributed by atoms with E-state index in [2.05, 4.69) is 71.8 Å². The highest BCUT2D eigenvalue weighted by Gasteiger charge is 2.32. The molecular weight excluding hydrogens is 462 g/mol. The average molecular weight is 500 g/mol. The molecular formula is C31H37N3O3+2.